The minimum atomic E-state index is 0.554. The first-order valence-corrected chi connectivity index (χ1v) is 3.41. The summed E-state index contributed by atoms with van der Waals surface area (Å²) in [5.74, 6) is 0.624. The van der Waals surface area contributed by atoms with Crippen molar-refractivity contribution in [1.82, 2.24) is 0 Å². The van der Waals surface area contributed by atoms with E-state index in [4.69, 9.17) is 10.5 Å². The van der Waals surface area contributed by atoms with Gasteiger partial charge in [-0.05, 0) is 6.07 Å². The van der Waals surface area contributed by atoms with Crippen LogP contribution < -0.4 is 15.8 Å². The van der Waals surface area contributed by atoms with Crippen molar-refractivity contribution >= 4 is 17.8 Å². The van der Waals surface area contributed by atoms with Crippen LogP contribution in [-0.2, 0) is 4.79 Å². The summed E-state index contributed by atoms with van der Waals surface area (Å²) in [5, 5.41) is 2.48. The van der Waals surface area contributed by atoms with Crippen molar-refractivity contribution in [3.63, 3.8) is 0 Å². The van der Waals surface area contributed by atoms with Gasteiger partial charge in [0.15, 0.2) is 0 Å². The summed E-state index contributed by atoms with van der Waals surface area (Å²) in [6.45, 7) is 0. The van der Waals surface area contributed by atoms with Crippen LogP contribution >= 0.6 is 0 Å². The van der Waals surface area contributed by atoms with Crippen LogP contribution in [0.4, 0.5) is 11.4 Å². The average molecular weight is 166 g/mol. The van der Waals surface area contributed by atoms with Gasteiger partial charge in [-0.1, -0.05) is 0 Å². The molecule has 0 unspecified atom stereocenters. The molecule has 0 heterocycles. The fourth-order valence-electron chi connectivity index (χ4n) is 0.891. The van der Waals surface area contributed by atoms with Crippen LogP contribution in [0.25, 0.3) is 0 Å². The van der Waals surface area contributed by atoms with Crippen molar-refractivity contribution in [3.8, 4) is 5.75 Å². The van der Waals surface area contributed by atoms with E-state index in [2.05, 4.69) is 5.32 Å². The van der Waals surface area contributed by atoms with E-state index in [0.717, 1.165) is 0 Å². The lowest BCUT2D eigenvalue weighted by Gasteiger charge is -2.04. The van der Waals surface area contributed by atoms with E-state index in [9.17, 15) is 4.79 Å². The summed E-state index contributed by atoms with van der Waals surface area (Å²) in [6, 6.07) is 5.01. The normalized spacial score (nSPS) is 9.08. The number of carbonyl (C=O) groups is 1. The van der Waals surface area contributed by atoms with Gasteiger partial charge in [0.2, 0.25) is 6.41 Å². The molecule has 0 atom stereocenters. The molecule has 1 aromatic rings. The van der Waals surface area contributed by atoms with Crippen LogP contribution in [0, 0.1) is 0 Å². The Bertz CT molecular complexity index is 286. The standard InChI is InChI=1S/C8H10N2O2/c1-12-8-3-6(9)2-7(4-8)10-5-11/h2-5H,9H2,1H3,(H,10,11). The maximum atomic E-state index is 10.1. The van der Waals surface area contributed by atoms with Gasteiger partial charge < -0.3 is 15.8 Å². The molecule has 0 aliphatic heterocycles. The molecule has 0 aliphatic rings. The molecule has 0 spiro atoms. The SMILES string of the molecule is COc1cc(N)cc(NC=O)c1. The van der Waals surface area contributed by atoms with E-state index >= 15 is 0 Å². The fourth-order valence-corrected chi connectivity index (χ4v) is 0.891. The zero-order chi connectivity index (χ0) is 8.97. The summed E-state index contributed by atoms with van der Waals surface area (Å²) in [5.41, 5.74) is 6.71. The van der Waals surface area contributed by atoms with Crippen molar-refractivity contribution in [2.24, 2.45) is 0 Å². The number of amides is 1. The third-order valence-corrected chi connectivity index (χ3v) is 1.39. The van der Waals surface area contributed by atoms with E-state index < -0.39 is 0 Å². The Morgan fingerprint density at radius 2 is 2.25 bits per heavy atom. The molecule has 0 saturated carbocycles. The van der Waals surface area contributed by atoms with Crippen molar-refractivity contribution in [3.05, 3.63) is 18.2 Å². The predicted molar refractivity (Wildman–Crippen MR) is 47.1 cm³/mol. The highest BCUT2D eigenvalue weighted by molar-refractivity contribution is 5.74. The van der Waals surface area contributed by atoms with Gasteiger partial charge in [0, 0.05) is 23.5 Å². The van der Waals surface area contributed by atoms with Gasteiger partial charge in [-0.25, -0.2) is 0 Å². The summed E-state index contributed by atoms with van der Waals surface area (Å²) >= 11 is 0. The van der Waals surface area contributed by atoms with Crippen LogP contribution in [-0.4, -0.2) is 13.5 Å². The minimum absolute atomic E-state index is 0.554. The van der Waals surface area contributed by atoms with E-state index in [1.807, 2.05) is 0 Å². The second kappa shape index (κ2) is 3.61. The molecule has 4 nitrogen and oxygen atoms in total. The van der Waals surface area contributed by atoms with E-state index in [0.29, 0.717) is 23.5 Å². The lowest BCUT2D eigenvalue weighted by molar-refractivity contribution is -0.105. The highest BCUT2D eigenvalue weighted by Crippen LogP contribution is 2.21. The molecule has 4 heteroatoms. The van der Waals surface area contributed by atoms with Gasteiger partial charge in [0.1, 0.15) is 5.75 Å². The summed E-state index contributed by atoms with van der Waals surface area (Å²) in [7, 11) is 1.54. The van der Waals surface area contributed by atoms with Gasteiger partial charge in [-0.2, -0.15) is 0 Å². The van der Waals surface area contributed by atoms with E-state index in [-0.39, 0.29) is 0 Å². The lowest BCUT2D eigenvalue weighted by atomic mass is 10.2. The van der Waals surface area contributed by atoms with Crippen molar-refractivity contribution in [2.75, 3.05) is 18.2 Å². The fraction of sp³-hybridized carbons (Fsp3) is 0.125. The quantitative estimate of drug-likeness (QED) is 0.516. The number of methoxy groups -OCH3 is 1. The van der Waals surface area contributed by atoms with Gasteiger partial charge in [0.25, 0.3) is 0 Å². The summed E-state index contributed by atoms with van der Waals surface area (Å²) in [4.78, 5) is 10.1. The van der Waals surface area contributed by atoms with Gasteiger partial charge in [-0.3, -0.25) is 4.79 Å². The topological polar surface area (TPSA) is 64.3 Å². The van der Waals surface area contributed by atoms with Gasteiger partial charge >= 0.3 is 0 Å². The molecule has 1 aromatic carbocycles. The van der Waals surface area contributed by atoms with Gasteiger partial charge in [0.05, 0.1) is 7.11 Å². The summed E-state index contributed by atoms with van der Waals surface area (Å²) in [6.07, 6.45) is 0.591. The Morgan fingerprint density at radius 3 is 2.83 bits per heavy atom. The molecule has 3 N–H and O–H groups in total. The predicted octanol–water partition coefficient (Wildman–Crippen LogP) is 0.846. The number of nitrogen functional groups attached to an aromatic ring is 1. The Kier molecular flexibility index (Phi) is 2.53. The molecular weight excluding hydrogens is 156 g/mol. The number of nitrogens with two attached hydrogens (primary N) is 1. The molecule has 0 bridgehead atoms. The Morgan fingerprint density at radius 1 is 1.50 bits per heavy atom. The second-order valence-corrected chi connectivity index (χ2v) is 2.26. The van der Waals surface area contributed by atoms with Gasteiger partial charge in [-0.15, -0.1) is 0 Å². The molecule has 64 valence electrons. The largest absolute Gasteiger partial charge is 0.497 e. The zero-order valence-electron chi connectivity index (χ0n) is 6.70. The Labute approximate surface area is 70.3 Å². The molecule has 12 heavy (non-hydrogen) atoms. The number of carbonyl (C=O) groups excluding carboxylic acids is 1. The Hall–Kier alpha value is -1.71. The number of benzene rings is 1. The first kappa shape index (κ1) is 8.39. The minimum Gasteiger partial charge on any atom is -0.497 e. The highest BCUT2D eigenvalue weighted by Gasteiger charge is 1.96. The smallest absolute Gasteiger partial charge is 0.211 e. The number of nitrogens with one attached hydrogen (secondary N) is 1. The molecule has 0 aromatic heterocycles. The number of anilines is 2. The third kappa shape index (κ3) is 1.88. The van der Waals surface area contributed by atoms with Crippen molar-refractivity contribution in [2.45, 2.75) is 0 Å². The maximum Gasteiger partial charge on any atom is 0.211 e. The van der Waals surface area contributed by atoms with Crippen LogP contribution in [0.5, 0.6) is 5.75 Å². The molecule has 1 amide bonds. The van der Waals surface area contributed by atoms with Crippen LogP contribution in [0.15, 0.2) is 18.2 Å². The number of rotatable bonds is 3. The zero-order valence-corrected chi connectivity index (χ0v) is 6.70. The number of hydrogen-bond acceptors (Lipinski definition) is 3. The Balaban J connectivity index is 2.97. The third-order valence-electron chi connectivity index (χ3n) is 1.39. The number of ether oxygens (including phenoxy) is 1. The molecular formula is C8H10N2O2. The van der Waals surface area contributed by atoms with Crippen LogP contribution in [0.1, 0.15) is 0 Å². The second-order valence-electron chi connectivity index (χ2n) is 2.26. The molecule has 0 fully saturated rings. The lowest BCUT2D eigenvalue weighted by Crippen LogP contribution is -1.96. The maximum absolute atomic E-state index is 10.1. The molecule has 0 saturated heterocycles. The number of hydrogen-bond donors (Lipinski definition) is 2. The molecule has 1 rings (SSSR count). The molecule has 0 aliphatic carbocycles. The summed E-state index contributed by atoms with van der Waals surface area (Å²) < 4.78 is 4.95. The van der Waals surface area contributed by atoms with E-state index in [1.54, 1.807) is 25.3 Å². The van der Waals surface area contributed by atoms with E-state index in [1.165, 1.54) is 0 Å². The van der Waals surface area contributed by atoms with Crippen LogP contribution in [0.2, 0.25) is 0 Å². The highest BCUT2D eigenvalue weighted by atomic mass is 16.5. The van der Waals surface area contributed by atoms with Crippen LogP contribution in [0.3, 0.4) is 0 Å². The van der Waals surface area contributed by atoms with Crippen molar-refractivity contribution in [1.29, 1.82) is 0 Å². The molecule has 0 radical (unpaired) electrons. The average Bonchev–Trinajstić information content (AvgIpc) is 2.04. The van der Waals surface area contributed by atoms with Crippen molar-refractivity contribution < 1.29 is 9.53 Å². The first-order valence-electron chi connectivity index (χ1n) is 3.41. The monoisotopic (exact) mass is 166 g/mol. The first-order chi connectivity index (χ1) is 5.76.